The third-order valence-corrected chi connectivity index (χ3v) is 5.55. The van der Waals surface area contributed by atoms with E-state index in [0.29, 0.717) is 47.7 Å². The SMILES string of the molecule is COc1ccc(CN(Cc2ccc(OC)cc2)c2nc(OCC(C)C)nn3cc(Br)nc23)cc1. The highest BCUT2D eigenvalue weighted by Crippen LogP contribution is 2.27. The van der Waals surface area contributed by atoms with Gasteiger partial charge in [0.2, 0.25) is 0 Å². The highest BCUT2D eigenvalue weighted by molar-refractivity contribution is 9.10. The number of hydrogen-bond donors (Lipinski definition) is 0. The highest BCUT2D eigenvalue weighted by atomic mass is 79.9. The van der Waals surface area contributed by atoms with Crippen molar-refractivity contribution >= 4 is 27.4 Å². The Morgan fingerprint density at radius 2 is 1.44 bits per heavy atom. The van der Waals surface area contributed by atoms with Crippen LogP contribution in [0.2, 0.25) is 0 Å². The van der Waals surface area contributed by atoms with Crippen molar-refractivity contribution in [3.63, 3.8) is 0 Å². The monoisotopic (exact) mass is 525 g/mol. The molecule has 4 rings (SSSR count). The summed E-state index contributed by atoms with van der Waals surface area (Å²) in [5.41, 5.74) is 2.87. The van der Waals surface area contributed by atoms with Gasteiger partial charge in [-0.3, -0.25) is 0 Å². The van der Waals surface area contributed by atoms with E-state index in [4.69, 9.17) is 19.2 Å². The Balaban J connectivity index is 1.75. The molecule has 2 aromatic heterocycles. The molecule has 0 spiro atoms. The number of fused-ring (bicyclic) bond motifs is 1. The summed E-state index contributed by atoms with van der Waals surface area (Å²) in [5, 5.41) is 4.50. The molecule has 0 N–H and O–H groups in total. The zero-order valence-corrected chi connectivity index (χ0v) is 21.3. The first kappa shape index (κ1) is 23.8. The lowest BCUT2D eigenvalue weighted by atomic mass is 10.1. The van der Waals surface area contributed by atoms with Crippen LogP contribution in [0.1, 0.15) is 25.0 Å². The van der Waals surface area contributed by atoms with Gasteiger partial charge in [0, 0.05) is 13.1 Å². The number of anilines is 1. The van der Waals surface area contributed by atoms with Crippen molar-refractivity contribution in [2.24, 2.45) is 5.92 Å². The lowest BCUT2D eigenvalue weighted by Crippen LogP contribution is -2.25. The Labute approximate surface area is 207 Å². The molecule has 178 valence electrons. The van der Waals surface area contributed by atoms with E-state index in [-0.39, 0.29) is 0 Å². The van der Waals surface area contributed by atoms with Crippen LogP contribution < -0.4 is 19.1 Å². The summed E-state index contributed by atoms with van der Waals surface area (Å²) in [4.78, 5) is 11.6. The number of imidazole rings is 1. The van der Waals surface area contributed by atoms with E-state index in [2.05, 4.69) is 69.0 Å². The zero-order chi connectivity index (χ0) is 24.1. The second-order valence-electron chi connectivity index (χ2n) is 8.31. The minimum Gasteiger partial charge on any atom is -0.497 e. The number of hydrogen-bond acceptors (Lipinski definition) is 7. The summed E-state index contributed by atoms with van der Waals surface area (Å²) < 4.78 is 18.9. The first-order chi connectivity index (χ1) is 16.4. The van der Waals surface area contributed by atoms with Crippen molar-refractivity contribution in [1.82, 2.24) is 19.6 Å². The summed E-state index contributed by atoms with van der Waals surface area (Å²) in [6.45, 7) is 5.92. The number of ether oxygens (including phenoxy) is 3. The Bertz CT molecular complexity index is 1180. The standard InChI is InChI=1S/C25H28BrN5O3/c1-17(2)16-34-25-28-23(24-27-22(26)15-31(24)29-25)30(13-18-5-9-20(32-3)10-6-18)14-19-7-11-21(33-4)12-8-19/h5-12,15,17H,13-14,16H2,1-4H3. The van der Waals surface area contributed by atoms with E-state index in [1.165, 1.54) is 0 Å². The number of nitrogens with zero attached hydrogens (tertiary/aromatic N) is 5. The maximum atomic E-state index is 5.89. The van der Waals surface area contributed by atoms with E-state index in [9.17, 15) is 0 Å². The highest BCUT2D eigenvalue weighted by Gasteiger charge is 2.19. The molecule has 0 aliphatic rings. The molecule has 0 fully saturated rings. The number of aromatic nitrogens is 4. The molecule has 0 aliphatic heterocycles. The number of benzene rings is 2. The number of methoxy groups -OCH3 is 2. The number of halogens is 1. The fourth-order valence-electron chi connectivity index (χ4n) is 3.45. The topological polar surface area (TPSA) is 74.0 Å². The molecule has 0 amide bonds. The fourth-order valence-corrected chi connectivity index (χ4v) is 3.81. The van der Waals surface area contributed by atoms with Gasteiger partial charge in [0.25, 0.3) is 0 Å². The van der Waals surface area contributed by atoms with Crippen molar-refractivity contribution < 1.29 is 14.2 Å². The van der Waals surface area contributed by atoms with Gasteiger partial charge in [0.1, 0.15) is 16.1 Å². The van der Waals surface area contributed by atoms with Crippen molar-refractivity contribution in [1.29, 1.82) is 0 Å². The second kappa shape index (κ2) is 10.7. The van der Waals surface area contributed by atoms with E-state index in [1.54, 1.807) is 18.7 Å². The maximum absolute atomic E-state index is 5.89. The molecular weight excluding hydrogens is 498 g/mol. The van der Waals surface area contributed by atoms with Crippen LogP contribution in [-0.2, 0) is 13.1 Å². The van der Waals surface area contributed by atoms with Crippen LogP contribution in [-0.4, -0.2) is 40.4 Å². The van der Waals surface area contributed by atoms with Crippen LogP contribution in [0, 0.1) is 5.92 Å². The zero-order valence-electron chi connectivity index (χ0n) is 19.7. The molecule has 0 saturated carbocycles. The minimum atomic E-state index is 0.315. The third-order valence-electron chi connectivity index (χ3n) is 5.16. The van der Waals surface area contributed by atoms with Crippen molar-refractivity contribution in [2.75, 3.05) is 25.7 Å². The quantitative estimate of drug-likeness (QED) is 0.283. The molecule has 0 bridgehead atoms. The molecule has 4 aromatic rings. The lowest BCUT2D eigenvalue weighted by molar-refractivity contribution is 0.247. The molecule has 0 radical (unpaired) electrons. The number of rotatable bonds is 10. The molecule has 0 aliphatic carbocycles. The fraction of sp³-hybridized carbons (Fsp3) is 0.320. The average molecular weight is 526 g/mol. The summed E-state index contributed by atoms with van der Waals surface area (Å²) >= 11 is 3.47. The second-order valence-corrected chi connectivity index (χ2v) is 9.12. The van der Waals surface area contributed by atoms with Crippen molar-refractivity contribution in [3.8, 4) is 17.5 Å². The predicted molar refractivity (Wildman–Crippen MR) is 135 cm³/mol. The lowest BCUT2D eigenvalue weighted by Gasteiger charge is -2.25. The van der Waals surface area contributed by atoms with Gasteiger partial charge in [-0.25, -0.2) is 9.50 Å². The molecule has 8 nitrogen and oxygen atoms in total. The van der Waals surface area contributed by atoms with Gasteiger partial charge < -0.3 is 19.1 Å². The minimum absolute atomic E-state index is 0.315. The van der Waals surface area contributed by atoms with Gasteiger partial charge in [0.05, 0.1) is 27.0 Å². The molecule has 0 atom stereocenters. The summed E-state index contributed by atoms with van der Waals surface area (Å²) in [6.07, 6.45) is 1.81. The average Bonchev–Trinajstić information content (AvgIpc) is 3.22. The third kappa shape index (κ3) is 5.77. The maximum Gasteiger partial charge on any atom is 0.336 e. The first-order valence-corrected chi connectivity index (χ1v) is 11.8. The Kier molecular flexibility index (Phi) is 7.52. The Morgan fingerprint density at radius 3 is 1.94 bits per heavy atom. The smallest absolute Gasteiger partial charge is 0.336 e. The van der Waals surface area contributed by atoms with Gasteiger partial charge >= 0.3 is 6.01 Å². The van der Waals surface area contributed by atoms with E-state index in [1.807, 2.05) is 30.5 Å². The Hall–Kier alpha value is -3.33. The van der Waals surface area contributed by atoms with Gasteiger partial charge in [-0.2, -0.15) is 4.98 Å². The van der Waals surface area contributed by atoms with Crippen molar-refractivity contribution in [3.05, 3.63) is 70.5 Å². The van der Waals surface area contributed by atoms with Crippen LogP contribution >= 0.6 is 15.9 Å². The molecule has 2 aromatic carbocycles. The van der Waals surface area contributed by atoms with Gasteiger partial charge in [-0.1, -0.05) is 38.1 Å². The molecule has 9 heteroatoms. The van der Waals surface area contributed by atoms with E-state index in [0.717, 1.165) is 22.6 Å². The molecule has 2 heterocycles. The van der Waals surface area contributed by atoms with Crippen LogP contribution in [0.3, 0.4) is 0 Å². The first-order valence-electron chi connectivity index (χ1n) is 11.0. The largest absolute Gasteiger partial charge is 0.497 e. The summed E-state index contributed by atoms with van der Waals surface area (Å²) in [5.74, 6) is 2.67. The molecule has 0 saturated heterocycles. The molecule has 34 heavy (non-hydrogen) atoms. The van der Waals surface area contributed by atoms with E-state index < -0.39 is 0 Å². The summed E-state index contributed by atoms with van der Waals surface area (Å²) in [7, 11) is 3.33. The van der Waals surface area contributed by atoms with Gasteiger partial charge in [-0.05, 0) is 57.2 Å². The summed E-state index contributed by atoms with van der Waals surface area (Å²) in [6, 6.07) is 16.4. The predicted octanol–water partition coefficient (Wildman–Crippen LogP) is 5.15. The van der Waals surface area contributed by atoms with Crippen LogP contribution in [0.25, 0.3) is 5.65 Å². The van der Waals surface area contributed by atoms with Crippen LogP contribution in [0.15, 0.2) is 59.3 Å². The Morgan fingerprint density at radius 1 is 0.882 bits per heavy atom. The molecular formula is C25H28BrN5O3. The van der Waals surface area contributed by atoms with Crippen LogP contribution in [0.5, 0.6) is 17.5 Å². The van der Waals surface area contributed by atoms with Crippen molar-refractivity contribution in [2.45, 2.75) is 26.9 Å². The van der Waals surface area contributed by atoms with Crippen LogP contribution in [0.4, 0.5) is 5.82 Å². The molecule has 0 unspecified atom stereocenters. The normalized spacial score (nSPS) is 11.1. The van der Waals surface area contributed by atoms with Gasteiger partial charge in [0.15, 0.2) is 11.5 Å². The van der Waals surface area contributed by atoms with E-state index >= 15 is 0 Å². The van der Waals surface area contributed by atoms with Gasteiger partial charge in [-0.15, -0.1) is 5.10 Å².